The lowest BCUT2D eigenvalue weighted by atomic mass is 10.2. The van der Waals surface area contributed by atoms with Crippen molar-refractivity contribution in [2.75, 3.05) is 25.0 Å². The van der Waals surface area contributed by atoms with Gasteiger partial charge in [0.1, 0.15) is 11.3 Å². The Hall–Kier alpha value is -3.60. The molecule has 170 valence electrons. The van der Waals surface area contributed by atoms with E-state index >= 15 is 0 Å². The van der Waals surface area contributed by atoms with Gasteiger partial charge < -0.3 is 14.8 Å². The van der Waals surface area contributed by atoms with Gasteiger partial charge in [-0.2, -0.15) is 0 Å². The highest BCUT2D eigenvalue weighted by Crippen LogP contribution is 2.34. The number of methoxy groups -OCH3 is 1. The van der Waals surface area contributed by atoms with Crippen LogP contribution in [-0.2, 0) is 26.0 Å². The van der Waals surface area contributed by atoms with E-state index in [0.717, 1.165) is 11.6 Å². The van der Waals surface area contributed by atoms with Crippen LogP contribution in [0.15, 0.2) is 47.4 Å². The van der Waals surface area contributed by atoms with E-state index in [1.807, 2.05) is 17.4 Å². The van der Waals surface area contributed by atoms with E-state index in [4.69, 9.17) is 9.47 Å². The van der Waals surface area contributed by atoms with Crippen molar-refractivity contribution in [2.24, 2.45) is 0 Å². The Kier molecular flexibility index (Phi) is 6.68. The van der Waals surface area contributed by atoms with Gasteiger partial charge in [0.15, 0.2) is 6.10 Å². The Bertz CT molecular complexity index is 1160. The van der Waals surface area contributed by atoms with Crippen molar-refractivity contribution in [2.45, 2.75) is 24.3 Å². The lowest BCUT2D eigenvalue weighted by molar-refractivity contribution is -0.127. The smallest absolute Gasteiger partial charge is 0.342 e. The topological polar surface area (TPSA) is 131 Å². The maximum absolute atomic E-state index is 13.3. The van der Waals surface area contributed by atoms with Gasteiger partial charge in [-0.25, -0.2) is 18.0 Å². The molecule has 1 aliphatic rings. The minimum atomic E-state index is -3.96. The van der Waals surface area contributed by atoms with Crippen molar-refractivity contribution in [1.82, 2.24) is 10.6 Å². The number of fused-ring (bicyclic) bond motifs is 1. The number of para-hydroxylation sites is 1. The molecule has 2 N–H and O–H groups in total. The van der Waals surface area contributed by atoms with Gasteiger partial charge in [-0.3, -0.25) is 14.4 Å². The van der Waals surface area contributed by atoms with Crippen LogP contribution in [0, 0.1) is 0 Å². The molecule has 1 unspecified atom stereocenters. The molecule has 2 aromatic carbocycles. The van der Waals surface area contributed by atoms with E-state index < -0.39 is 34.0 Å². The number of nitrogens with zero attached hydrogens (tertiary/aromatic N) is 1. The average molecular weight is 461 g/mol. The Labute approximate surface area is 185 Å². The highest BCUT2D eigenvalue weighted by Gasteiger charge is 2.32. The number of hydrogen-bond acceptors (Lipinski definition) is 7. The number of anilines is 1. The van der Waals surface area contributed by atoms with Crippen molar-refractivity contribution in [3.05, 3.63) is 53.6 Å². The van der Waals surface area contributed by atoms with Crippen molar-refractivity contribution < 1.29 is 32.3 Å². The first-order chi connectivity index (χ1) is 15.2. The molecule has 0 aromatic heterocycles. The van der Waals surface area contributed by atoms with E-state index in [9.17, 15) is 22.8 Å². The zero-order chi connectivity index (χ0) is 23.5. The van der Waals surface area contributed by atoms with Gasteiger partial charge in [0.2, 0.25) is 0 Å². The number of amides is 3. The van der Waals surface area contributed by atoms with Gasteiger partial charge >= 0.3 is 12.0 Å². The molecule has 2 aromatic rings. The summed E-state index contributed by atoms with van der Waals surface area (Å²) in [4.78, 5) is 35.8. The van der Waals surface area contributed by atoms with E-state index in [1.54, 1.807) is 12.1 Å². The van der Waals surface area contributed by atoms with E-state index in [1.165, 1.54) is 37.5 Å². The van der Waals surface area contributed by atoms with E-state index in [-0.39, 0.29) is 22.8 Å². The van der Waals surface area contributed by atoms with Crippen molar-refractivity contribution >= 4 is 33.6 Å². The third-order valence-electron chi connectivity index (χ3n) is 4.94. The monoisotopic (exact) mass is 461 g/mol. The normalized spacial score (nSPS) is 13.7. The summed E-state index contributed by atoms with van der Waals surface area (Å²) in [5, 5.41) is 4.21. The summed E-state index contributed by atoms with van der Waals surface area (Å²) in [5.74, 6) is -1.73. The highest BCUT2D eigenvalue weighted by molar-refractivity contribution is 7.92. The molecule has 10 nitrogen and oxygen atoms in total. The van der Waals surface area contributed by atoms with Crippen LogP contribution in [0.4, 0.5) is 10.5 Å². The molecule has 1 aliphatic heterocycles. The second-order valence-electron chi connectivity index (χ2n) is 6.93. The van der Waals surface area contributed by atoms with E-state index in [0.29, 0.717) is 12.1 Å². The molecule has 0 aliphatic carbocycles. The first-order valence-electron chi connectivity index (χ1n) is 9.71. The minimum Gasteiger partial charge on any atom is -0.496 e. The van der Waals surface area contributed by atoms with Crippen LogP contribution in [0.5, 0.6) is 5.75 Å². The molecule has 1 atom stereocenters. The van der Waals surface area contributed by atoms with Gasteiger partial charge in [-0.15, -0.1) is 0 Å². The summed E-state index contributed by atoms with van der Waals surface area (Å²) < 4.78 is 38.1. The van der Waals surface area contributed by atoms with E-state index in [2.05, 4.69) is 5.32 Å². The quantitative estimate of drug-likeness (QED) is 0.623. The Morgan fingerprint density at radius 2 is 1.84 bits per heavy atom. The van der Waals surface area contributed by atoms with Crippen LogP contribution in [0.2, 0.25) is 0 Å². The van der Waals surface area contributed by atoms with Gasteiger partial charge in [0, 0.05) is 13.6 Å². The van der Waals surface area contributed by atoms with Gasteiger partial charge in [0.05, 0.1) is 17.7 Å². The van der Waals surface area contributed by atoms with Gasteiger partial charge in [0.25, 0.3) is 15.9 Å². The largest absolute Gasteiger partial charge is 0.496 e. The fourth-order valence-electron chi connectivity index (χ4n) is 3.25. The van der Waals surface area contributed by atoms with Crippen LogP contribution in [0.3, 0.4) is 0 Å². The summed E-state index contributed by atoms with van der Waals surface area (Å²) >= 11 is 0. The van der Waals surface area contributed by atoms with Gasteiger partial charge in [-0.05, 0) is 43.2 Å². The number of esters is 1. The Balaban J connectivity index is 1.88. The molecular weight excluding hydrogens is 438 g/mol. The molecule has 0 fully saturated rings. The summed E-state index contributed by atoms with van der Waals surface area (Å²) in [6.07, 6.45) is -0.728. The first-order valence-corrected chi connectivity index (χ1v) is 11.1. The number of nitrogens with one attached hydrogen (secondary N) is 2. The molecule has 11 heteroatoms. The minimum absolute atomic E-state index is 0.0784. The molecule has 3 rings (SSSR count). The fourth-order valence-corrected chi connectivity index (χ4v) is 4.78. The molecule has 3 amide bonds. The summed E-state index contributed by atoms with van der Waals surface area (Å²) in [6.45, 7) is 1.56. The lowest BCUT2D eigenvalue weighted by Crippen LogP contribution is -2.43. The molecular formula is C21H23N3O7S. The summed E-state index contributed by atoms with van der Waals surface area (Å²) in [7, 11) is -1.31. The molecule has 0 radical (unpaired) electrons. The maximum atomic E-state index is 13.3. The summed E-state index contributed by atoms with van der Waals surface area (Å²) in [5.41, 5.74) is 1.34. The number of ether oxygens (including phenoxy) is 2. The molecule has 0 saturated carbocycles. The van der Waals surface area contributed by atoms with Gasteiger partial charge in [-0.1, -0.05) is 18.2 Å². The van der Waals surface area contributed by atoms with Crippen molar-refractivity contribution in [3.63, 3.8) is 0 Å². The average Bonchev–Trinajstić information content (AvgIpc) is 3.23. The predicted octanol–water partition coefficient (Wildman–Crippen LogP) is 1.45. The number of imide groups is 1. The zero-order valence-corrected chi connectivity index (χ0v) is 18.6. The Morgan fingerprint density at radius 3 is 2.53 bits per heavy atom. The predicted molar refractivity (Wildman–Crippen MR) is 115 cm³/mol. The van der Waals surface area contributed by atoms with Crippen LogP contribution in [0.25, 0.3) is 0 Å². The fraction of sp³-hybridized carbons (Fsp3) is 0.286. The number of urea groups is 1. The SMILES string of the molecule is CNC(=O)NC(=O)C(C)OC(=O)c1cc(S(=O)(=O)N2CCc3ccccc32)ccc1OC. The van der Waals surface area contributed by atoms with Crippen LogP contribution >= 0.6 is 0 Å². The number of hydrogen-bond donors (Lipinski definition) is 2. The molecule has 1 heterocycles. The van der Waals surface area contributed by atoms with Crippen LogP contribution in [-0.4, -0.2) is 53.1 Å². The third-order valence-corrected chi connectivity index (χ3v) is 6.75. The third kappa shape index (κ3) is 4.52. The molecule has 32 heavy (non-hydrogen) atoms. The molecule has 0 spiro atoms. The summed E-state index contributed by atoms with van der Waals surface area (Å²) in [6, 6.07) is 10.3. The molecule has 0 bridgehead atoms. The maximum Gasteiger partial charge on any atom is 0.342 e. The second-order valence-corrected chi connectivity index (χ2v) is 8.80. The second kappa shape index (κ2) is 9.27. The van der Waals surface area contributed by atoms with Crippen LogP contribution in [0.1, 0.15) is 22.8 Å². The number of carbonyl (C=O) groups is 3. The highest BCUT2D eigenvalue weighted by atomic mass is 32.2. The van der Waals surface area contributed by atoms with Crippen molar-refractivity contribution in [1.29, 1.82) is 0 Å². The number of sulfonamides is 1. The first kappa shape index (κ1) is 23.1. The lowest BCUT2D eigenvalue weighted by Gasteiger charge is -2.20. The standard InChI is InChI=1S/C21H23N3O7S/c1-13(19(25)23-21(27)22-2)31-20(26)16-12-15(8-9-18(16)30-3)32(28,29)24-11-10-14-6-4-5-7-17(14)24/h4-9,12-13H,10-11H2,1-3H3,(H2,22,23,25,27). The number of rotatable bonds is 6. The zero-order valence-electron chi connectivity index (χ0n) is 17.7. The van der Waals surface area contributed by atoms with Crippen molar-refractivity contribution in [3.8, 4) is 5.75 Å². The Morgan fingerprint density at radius 1 is 1.12 bits per heavy atom. The number of benzene rings is 2. The molecule has 0 saturated heterocycles. The number of carbonyl (C=O) groups excluding carboxylic acids is 3. The van der Waals surface area contributed by atoms with Crippen LogP contribution < -0.4 is 19.7 Å².